The fourth-order valence-corrected chi connectivity index (χ4v) is 2.23. The van der Waals surface area contributed by atoms with Gasteiger partial charge in [0.2, 0.25) is 0 Å². The van der Waals surface area contributed by atoms with Gasteiger partial charge in [-0.25, -0.2) is 9.18 Å². The molecule has 1 heterocycles. The summed E-state index contributed by atoms with van der Waals surface area (Å²) in [5.74, 6) is -2.05. The van der Waals surface area contributed by atoms with Crippen molar-refractivity contribution in [1.82, 2.24) is 4.90 Å². The van der Waals surface area contributed by atoms with Gasteiger partial charge in [0.25, 0.3) is 5.91 Å². The van der Waals surface area contributed by atoms with Crippen LogP contribution in [0.5, 0.6) is 0 Å². The second-order valence-electron chi connectivity index (χ2n) is 4.07. The van der Waals surface area contributed by atoms with Gasteiger partial charge in [0.15, 0.2) is 6.10 Å². The van der Waals surface area contributed by atoms with E-state index >= 15 is 0 Å². The smallest absolute Gasteiger partial charge is 0.334 e. The van der Waals surface area contributed by atoms with Gasteiger partial charge in [0.1, 0.15) is 5.82 Å². The minimum atomic E-state index is -1.11. The third-order valence-electron chi connectivity index (χ3n) is 2.79. The Morgan fingerprint density at radius 1 is 1.47 bits per heavy atom. The number of rotatable bonds is 2. The van der Waals surface area contributed by atoms with E-state index in [9.17, 15) is 14.0 Å². The first-order valence-corrected chi connectivity index (χ1v) is 6.37. The normalized spacial score (nSPS) is 19.3. The van der Waals surface area contributed by atoms with E-state index in [0.717, 1.165) is 6.07 Å². The summed E-state index contributed by atoms with van der Waals surface area (Å²) in [4.78, 5) is 24.4. The molecule has 0 spiro atoms. The molecule has 1 aliphatic rings. The van der Waals surface area contributed by atoms with Crippen molar-refractivity contribution in [1.29, 1.82) is 0 Å². The average Bonchev–Trinajstić information content (AvgIpc) is 2.41. The molecule has 1 atom stereocenters. The van der Waals surface area contributed by atoms with Crippen LogP contribution in [-0.2, 0) is 9.53 Å². The molecule has 2 rings (SSSR count). The van der Waals surface area contributed by atoms with E-state index in [0.29, 0.717) is 4.47 Å². The Bertz CT molecular complexity index is 522. The van der Waals surface area contributed by atoms with Gasteiger partial charge in [-0.05, 0) is 34.1 Å². The summed E-state index contributed by atoms with van der Waals surface area (Å²) in [6.07, 6.45) is -1.04. The number of amides is 1. The standard InChI is InChI=1S/C12H11BrFNO4/c13-9-2-1-7(14)5-8(9)11(16)15-3-4-19-10(6-15)12(17)18/h1-2,5,10H,3-4,6H2,(H,17,18). The summed E-state index contributed by atoms with van der Waals surface area (Å²) in [5, 5.41) is 8.87. The second-order valence-corrected chi connectivity index (χ2v) is 4.93. The Hall–Kier alpha value is -1.47. The van der Waals surface area contributed by atoms with E-state index in [2.05, 4.69) is 15.9 Å². The van der Waals surface area contributed by atoms with Gasteiger partial charge in [-0.3, -0.25) is 4.79 Å². The molecule has 1 unspecified atom stereocenters. The number of carbonyl (C=O) groups is 2. The lowest BCUT2D eigenvalue weighted by molar-refractivity contribution is -0.154. The summed E-state index contributed by atoms with van der Waals surface area (Å²) in [5.41, 5.74) is 0.172. The van der Waals surface area contributed by atoms with Gasteiger partial charge < -0.3 is 14.7 Å². The number of ether oxygens (including phenoxy) is 1. The van der Waals surface area contributed by atoms with E-state index < -0.39 is 23.8 Å². The third-order valence-corrected chi connectivity index (χ3v) is 3.48. The van der Waals surface area contributed by atoms with Crippen LogP contribution in [0.1, 0.15) is 10.4 Å². The van der Waals surface area contributed by atoms with Crippen molar-refractivity contribution in [2.24, 2.45) is 0 Å². The molecule has 0 saturated carbocycles. The van der Waals surface area contributed by atoms with Crippen molar-refractivity contribution in [3.8, 4) is 0 Å². The van der Waals surface area contributed by atoms with Crippen LogP contribution in [0.4, 0.5) is 4.39 Å². The molecule has 19 heavy (non-hydrogen) atoms. The van der Waals surface area contributed by atoms with E-state index in [4.69, 9.17) is 9.84 Å². The molecule has 1 amide bonds. The summed E-state index contributed by atoms with van der Waals surface area (Å²) in [7, 11) is 0. The highest BCUT2D eigenvalue weighted by atomic mass is 79.9. The molecule has 0 bridgehead atoms. The Labute approximate surface area is 117 Å². The number of morpholine rings is 1. The SMILES string of the molecule is O=C(O)C1CN(C(=O)c2cc(F)ccc2Br)CCO1. The van der Waals surface area contributed by atoms with Crippen molar-refractivity contribution >= 4 is 27.8 Å². The van der Waals surface area contributed by atoms with Crippen molar-refractivity contribution < 1.29 is 23.8 Å². The maximum absolute atomic E-state index is 13.2. The first kappa shape index (κ1) is 14.0. The molecule has 7 heteroatoms. The maximum Gasteiger partial charge on any atom is 0.334 e. The van der Waals surface area contributed by atoms with Crippen LogP contribution in [0.25, 0.3) is 0 Å². The van der Waals surface area contributed by atoms with Crippen molar-refractivity contribution in [3.05, 3.63) is 34.1 Å². The largest absolute Gasteiger partial charge is 0.479 e. The number of halogens is 2. The topological polar surface area (TPSA) is 66.8 Å². The minimum absolute atomic E-state index is 0.0445. The van der Waals surface area contributed by atoms with Gasteiger partial charge >= 0.3 is 5.97 Å². The highest BCUT2D eigenvalue weighted by Crippen LogP contribution is 2.20. The van der Waals surface area contributed by atoms with Gasteiger partial charge in [-0.1, -0.05) is 0 Å². The van der Waals surface area contributed by atoms with Crippen LogP contribution in [-0.4, -0.2) is 47.7 Å². The summed E-state index contributed by atoms with van der Waals surface area (Å²) >= 11 is 3.18. The van der Waals surface area contributed by atoms with Crippen molar-refractivity contribution in [2.45, 2.75) is 6.10 Å². The predicted molar refractivity (Wildman–Crippen MR) is 67.4 cm³/mol. The van der Waals surface area contributed by atoms with Crippen LogP contribution < -0.4 is 0 Å². The maximum atomic E-state index is 13.2. The lowest BCUT2D eigenvalue weighted by atomic mass is 10.1. The lowest BCUT2D eigenvalue weighted by Crippen LogP contribution is -2.48. The number of carbonyl (C=O) groups excluding carboxylic acids is 1. The lowest BCUT2D eigenvalue weighted by Gasteiger charge is -2.31. The number of carboxylic acids is 1. The Kier molecular flexibility index (Phi) is 4.16. The molecule has 0 radical (unpaired) electrons. The fourth-order valence-electron chi connectivity index (χ4n) is 1.81. The van der Waals surface area contributed by atoms with Crippen LogP contribution in [0, 0.1) is 5.82 Å². The molecular formula is C12H11BrFNO4. The van der Waals surface area contributed by atoms with Crippen molar-refractivity contribution in [2.75, 3.05) is 19.7 Å². The number of carboxylic acid groups (broad SMARTS) is 1. The molecule has 0 aromatic heterocycles. The molecule has 0 aliphatic carbocycles. The van der Waals surface area contributed by atoms with Gasteiger partial charge in [-0.2, -0.15) is 0 Å². The third kappa shape index (κ3) is 3.10. The van der Waals surface area contributed by atoms with Gasteiger partial charge in [-0.15, -0.1) is 0 Å². The van der Waals surface area contributed by atoms with Crippen LogP contribution in [0.15, 0.2) is 22.7 Å². The highest BCUT2D eigenvalue weighted by Gasteiger charge is 2.30. The summed E-state index contributed by atoms with van der Waals surface area (Å²) in [6, 6.07) is 3.80. The first-order chi connectivity index (χ1) is 8.99. The fraction of sp³-hybridized carbons (Fsp3) is 0.333. The van der Waals surface area contributed by atoms with Crippen LogP contribution >= 0.6 is 15.9 Å². The predicted octanol–water partition coefficient (Wildman–Crippen LogP) is 1.51. The number of nitrogens with zero attached hydrogens (tertiary/aromatic N) is 1. The van der Waals surface area contributed by atoms with Gasteiger partial charge in [0.05, 0.1) is 18.7 Å². The Morgan fingerprint density at radius 3 is 2.89 bits per heavy atom. The van der Waals surface area contributed by atoms with E-state index in [1.165, 1.54) is 17.0 Å². The van der Waals surface area contributed by atoms with Crippen molar-refractivity contribution in [3.63, 3.8) is 0 Å². The average molecular weight is 332 g/mol. The zero-order valence-corrected chi connectivity index (χ0v) is 11.4. The molecule has 1 fully saturated rings. The Balaban J connectivity index is 2.19. The second kappa shape index (κ2) is 5.66. The highest BCUT2D eigenvalue weighted by molar-refractivity contribution is 9.10. The minimum Gasteiger partial charge on any atom is -0.479 e. The zero-order valence-electron chi connectivity index (χ0n) is 9.81. The number of benzene rings is 1. The zero-order chi connectivity index (χ0) is 14.0. The summed E-state index contributed by atoms with van der Waals surface area (Å²) in [6.45, 7) is 0.387. The quantitative estimate of drug-likeness (QED) is 0.892. The molecule has 1 saturated heterocycles. The van der Waals surface area contributed by atoms with E-state index in [1.807, 2.05) is 0 Å². The molecule has 1 aliphatic heterocycles. The Morgan fingerprint density at radius 2 is 2.21 bits per heavy atom. The number of aliphatic carboxylic acids is 1. The van der Waals surface area contributed by atoms with Crippen LogP contribution in [0.3, 0.4) is 0 Å². The molecule has 1 aromatic rings. The monoisotopic (exact) mass is 331 g/mol. The molecule has 102 valence electrons. The van der Waals surface area contributed by atoms with E-state index in [1.54, 1.807) is 0 Å². The van der Waals surface area contributed by atoms with Crippen LogP contribution in [0.2, 0.25) is 0 Å². The summed E-state index contributed by atoms with van der Waals surface area (Å²) < 4.78 is 18.7. The van der Waals surface area contributed by atoms with E-state index in [-0.39, 0.29) is 25.3 Å². The molecular weight excluding hydrogens is 321 g/mol. The van der Waals surface area contributed by atoms with Gasteiger partial charge in [0, 0.05) is 11.0 Å². The first-order valence-electron chi connectivity index (χ1n) is 5.58. The number of hydrogen-bond acceptors (Lipinski definition) is 3. The molecule has 1 N–H and O–H groups in total. The molecule has 5 nitrogen and oxygen atoms in total. The number of hydrogen-bond donors (Lipinski definition) is 1. The molecule has 1 aromatic carbocycles.